The molecular weight excluding hydrogens is 226 g/mol. The summed E-state index contributed by atoms with van der Waals surface area (Å²) in [7, 11) is 0. The molecule has 0 fully saturated rings. The topological polar surface area (TPSA) is 67.2 Å². The van der Waals surface area contributed by atoms with Crippen molar-refractivity contribution in [3.8, 4) is 0 Å². The van der Waals surface area contributed by atoms with Gasteiger partial charge in [-0.05, 0) is 31.4 Å². The molecule has 4 nitrogen and oxygen atoms in total. The van der Waals surface area contributed by atoms with Crippen LogP contribution >= 0.6 is 0 Å². The molecule has 0 spiro atoms. The van der Waals surface area contributed by atoms with E-state index in [-0.39, 0.29) is 12.1 Å². The van der Waals surface area contributed by atoms with E-state index in [0.29, 0.717) is 12.5 Å². The highest BCUT2D eigenvalue weighted by Gasteiger charge is 2.12. The summed E-state index contributed by atoms with van der Waals surface area (Å²) in [5, 5.41) is 5.69. The van der Waals surface area contributed by atoms with Crippen LogP contribution in [0, 0.1) is 12.8 Å². The van der Waals surface area contributed by atoms with Gasteiger partial charge in [-0.3, -0.25) is 0 Å². The van der Waals surface area contributed by atoms with Crippen LogP contribution in [-0.4, -0.2) is 18.6 Å². The van der Waals surface area contributed by atoms with Gasteiger partial charge in [0.05, 0.1) is 0 Å². The van der Waals surface area contributed by atoms with Gasteiger partial charge < -0.3 is 16.4 Å². The Morgan fingerprint density at radius 1 is 1.28 bits per heavy atom. The number of hydrogen-bond acceptors (Lipinski definition) is 2. The predicted molar refractivity (Wildman–Crippen MR) is 75.6 cm³/mol. The maximum Gasteiger partial charge on any atom is 0.319 e. The molecule has 0 aliphatic rings. The Labute approximate surface area is 109 Å². The molecule has 1 rings (SSSR count). The van der Waals surface area contributed by atoms with Crippen LogP contribution in [0.5, 0.6) is 0 Å². The lowest BCUT2D eigenvalue weighted by atomic mass is 10.0. The third kappa shape index (κ3) is 5.19. The molecule has 0 bridgehead atoms. The summed E-state index contributed by atoms with van der Waals surface area (Å²) in [4.78, 5) is 11.8. The number of amides is 2. The van der Waals surface area contributed by atoms with Gasteiger partial charge in [0.1, 0.15) is 0 Å². The lowest BCUT2D eigenvalue weighted by Crippen LogP contribution is -2.43. The average molecular weight is 249 g/mol. The van der Waals surface area contributed by atoms with Crippen molar-refractivity contribution in [3.63, 3.8) is 0 Å². The molecule has 4 heteroatoms. The van der Waals surface area contributed by atoms with E-state index in [1.807, 2.05) is 31.2 Å². The highest BCUT2D eigenvalue weighted by Crippen LogP contribution is 2.09. The molecule has 1 aromatic rings. The summed E-state index contributed by atoms with van der Waals surface area (Å²) in [6.07, 6.45) is 0.887. The Morgan fingerprint density at radius 2 is 1.89 bits per heavy atom. The molecule has 2 amide bonds. The number of hydrogen-bond donors (Lipinski definition) is 3. The van der Waals surface area contributed by atoms with Gasteiger partial charge >= 0.3 is 6.03 Å². The summed E-state index contributed by atoms with van der Waals surface area (Å²) >= 11 is 0. The Bertz CT molecular complexity index is 373. The van der Waals surface area contributed by atoms with E-state index < -0.39 is 0 Å². The van der Waals surface area contributed by atoms with Crippen LogP contribution in [0.15, 0.2) is 24.3 Å². The first-order valence-corrected chi connectivity index (χ1v) is 6.35. The van der Waals surface area contributed by atoms with E-state index in [4.69, 9.17) is 5.73 Å². The monoisotopic (exact) mass is 249 g/mol. The van der Waals surface area contributed by atoms with Crippen molar-refractivity contribution in [1.82, 2.24) is 5.32 Å². The van der Waals surface area contributed by atoms with E-state index >= 15 is 0 Å². The lowest BCUT2D eigenvalue weighted by molar-refractivity contribution is 0.247. The van der Waals surface area contributed by atoms with Crippen LogP contribution in [0.25, 0.3) is 0 Å². The van der Waals surface area contributed by atoms with Crippen molar-refractivity contribution in [3.05, 3.63) is 29.8 Å². The van der Waals surface area contributed by atoms with Crippen molar-refractivity contribution >= 4 is 11.7 Å². The van der Waals surface area contributed by atoms with Gasteiger partial charge in [0.25, 0.3) is 0 Å². The molecule has 0 aliphatic carbocycles. The van der Waals surface area contributed by atoms with Crippen LogP contribution in [0.1, 0.15) is 25.8 Å². The highest BCUT2D eigenvalue weighted by atomic mass is 16.2. The molecule has 100 valence electrons. The summed E-state index contributed by atoms with van der Waals surface area (Å²) in [5.41, 5.74) is 7.60. The van der Waals surface area contributed by atoms with E-state index in [1.165, 1.54) is 5.56 Å². The van der Waals surface area contributed by atoms with E-state index in [2.05, 4.69) is 24.5 Å². The molecule has 0 saturated carbocycles. The number of aryl methyl sites for hydroxylation is 1. The zero-order valence-electron chi connectivity index (χ0n) is 11.4. The first-order chi connectivity index (χ1) is 8.51. The van der Waals surface area contributed by atoms with Crippen molar-refractivity contribution in [2.24, 2.45) is 11.7 Å². The molecule has 0 heterocycles. The summed E-state index contributed by atoms with van der Waals surface area (Å²) in [5.74, 6) is 0.512. The summed E-state index contributed by atoms with van der Waals surface area (Å²) in [6, 6.07) is 7.52. The first-order valence-electron chi connectivity index (χ1n) is 6.35. The minimum atomic E-state index is -0.199. The summed E-state index contributed by atoms with van der Waals surface area (Å²) in [6.45, 7) is 6.70. The van der Waals surface area contributed by atoms with Gasteiger partial charge in [0, 0.05) is 18.3 Å². The minimum Gasteiger partial charge on any atom is -0.334 e. The number of rotatable bonds is 5. The summed E-state index contributed by atoms with van der Waals surface area (Å²) < 4.78 is 0. The molecule has 1 unspecified atom stereocenters. The van der Waals surface area contributed by atoms with Gasteiger partial charge in [-0.25, -0.2) is 4.79 Å². The lowest BCUT2D eigenvalue weighted by Gasteiger charge is -2.19. The first kappa shape index (κ1) is 14.5. The molecule has 18 heavy (non-hydrogen) atoms. The number of nitrogens with one attached hydrogen (secondary N) is 2. The molecule has 1 aromatic carbocycles. The fourth-order valence-electron chi connectivity index (χ4n) is 1.77. The minimum absolute atomic E-state index is 0.0236. The fraction of sp³-hybridized carbons (Fsp3) is 0.500. The fourth-order valence-corrected chi connectivity index (χ4v) is 1.77. The third-order valence-electron chi connectivity index (χ3n) is 2.69. The van der Waals surface area contributed by atoms with Crippen molar-refractivity contribution in [2.75, 3.05) is 11.9 Å². The van der Waals surface area contributed by atoms with Crippen LogP contribution in [-0.2, 0) is 0 Å². The van der Waals surface area contributed by atoms with Gasteiger partial charge in [0.2, 0.25) is 0 Å². The maximum atomic E-state index is 11.8. The van der Waals surface area contributed by atoms with Crippen LogP contribution in [0.2, 0.25) is 0 Å². The van der Waals surface area contributed by atoms with Crippen molar-refractivity contribution in [1.29, 1.82) is 0 Å². The van der Waals surface area contributed by atoms with Crippen molar-refractivity contribution in [2.45, 2.75) is 33.2 Å². The van der Waals surface area contributed by atoms with Crippen LogP contribution in [0.4, 0.5) is 10.5 Å². The van der Waals surface area contributed by atoms with Gasteiger partial charge in [0.15, 0.2) is 0 Å². The Morgan fingerprint density at radius 3 is 2.39 bits per heavy atom. The van der Waals surface area contributed by atoms with Gasteiger partial charge in [-0.1, -0.05) is 31.5 Å². The number of carbonyl (C=O) groups is 1. The standard InChI is InChI=1S/C14H23N3O/c1-10(2)8-13(9-15)17-14(18)16-12-6-4-11(3)5-7-12/h4-7,10,13H,8-9,15H2,1-3H3,(H2,16,17,18). The maximum absolute atomic E-state index is 11.8. The van der Waals surface area contributed by atoms with E-state index in [9.17, 15) is 4.79 Å². The molecule has 4 N–H and O–H groups in total. The Balaban J connectivity index is 2.47. The smallest absolute Gasteiger partial charge is 0.319 e. The zero-order chi connectivity index (χ0) is 13.5. The molecular formula is C14H23N3O. The molecule has 0 aliphatic heterocycles. The molecule has 0 radical (unpaired) electrons. The Kier molecular flexibility index (Phi) is 5.65. The Hall–Kier alpha value is -1.55. The van der Waals surface area contributed by atoms with E-state index in [0.717, 1.165) is 12.1 Å². The quantitative estimate of drug-likeness (QED) is 0.750. The second-order valence-corrected chi connectivity index (χ2v) is 5.03. The number of urea groups is 1. The number of carbonyl (C=O) groups excluding carboxylic acids is 1. The van der Waals surface area contributed by atoms with Crippen LogP contribution in [0.3, 0.4) is 0 Å². The molecule has 0 aromatic heterocycles. The average Bonchev–Trinajstić information content (AvgIpc) is 2.30. The van der Waals surface area contributed by atoms with Crippen molar-refractivity contribution < 1.29 is 4.79 Å². The second-order valence-electron chi connectivity index (χ2n) is 5.03. The number of anilines is 1. The SMILES string of the molecule is Cc1ccc(NC(=O)NC(CN)CC(C)C)cc1. The second kappa shape index (κ2) is 7.01. The largest absolute Gasteiger partial charge is 0.334 e. The third-order valence-corrected chi connectivity index (χ3v) is 2.69. The predicted octanol–water partition coefficient (Wildman–Crippen LogP) is 2.49. The van der Waals surface area contributed by atoms with Crippen LogP contribution < -0.4 is 16.4 Å². The molecule has 0 saturated heterocycles. The zero-order valence-corrected chi connectivity index (χ0v) is 11.4. The van der Waals surface area contributed by atoms with E-state index in [1.54, 1.807) is 0 Å². The normalized spacial score (nSPS) is 12.3. The van der Waals surface area contributed by atoms with Gasteiger partial charge in [-0.2, -0.15) is 0 Å². The molecule has 1 atom stereocenters. The highest BCUT2D eigenvalue weighted by molar-refractivity contribution is 5.89. The number of benzene rings is 1. The number of nitrogens with two attached hydrogens (primary N) is 1. The van der Waals surface area contributed by atoms with Gasteiger partial charge in [-0.15, -0.1) is 0 Å².